The Balaban J connectivity index is 1.85. The van der Waals surface area contributed by atoms with E-state index in [-0.39, 0.29) is 0 Å². The lowest BCUT2D eigenvalue weighted by Gasteiger charge is -2.22. The molecule has 2 heteroatoms. The average Bonchev–Trinajstić information content (AvgIpc) is 2.55. The molecule has 1 heterocycles. The van der Waals surface area contributed by atoms with E-state index in [0.717, 1.165) is 6.04 Å². The Kier molecular flexibility index (Phi) is 2.14. The van der Waals surface area contributed by atoms with Crippen molar-refractivity contribution in [3.05, 3.63) is 0 Å². The van der Waals surface area contributed by atoms with Gasteiger partial charge in [-0.15, -0.1) is 0 Å². The normalized spacial score (nSPS) is 40.1. The number of rotatable bonds is 1. The topological polar surface area (TPSA) is 29.3 Å². The van der Waals surface area contributed by atoms with Gasteiger partial charge in [0.2, 0.25) is 0 Å². The van der Waals surface area contributed by atoms with E-state index in [2.05, 4.69) is 4.90 Å². The molecule has 2 aliphatic rings. The molecule has 0 amide bonds. The standard InChI is InChI=1S/C9H18N2/c10-8-3-4-9(7-8)11-5-1-2-6-11/h8-9H,1-7,10H2. The zero-order valence-corrected chi connectivity index (χ0v) is 7.13. The highest BCUT2D eigenvalue weighted by Gasteiger charge is 2.28. The van der Waals surface area contributed by atoms with Crippen LogP contribution >= 0.6 is 0 Å². The monoisotopic (exact) mass is 154 g/mol. The van der Waals surface area contributed by atoms with E-state index in [1.54, 1.807) is 0 Å². The van der Waals surface area contributed by atoms with Crippen LogP contribution in [0.25, 0.3) is 0 Å². The summed E-state index contributed by atoms with van der Waals surface area (Å²) < 4.78 is 0. The quantitative estimate of drug-likeness (QED) is 0.609. The van der Waals surface area contributed by atoms with Gasteiger partial charge < -0.3 is 10.6 Å². The predicted octanol–water partition coefficient (Wildman–Crippen LogP) is 0.962. The first-order valence-corrected chi connectivity index (χ1v) is 4.86. The molecule has 11 heavy (non-hydrogen) atoms. The summed E-state index contributed by atoms with van der Waals surface area (Å²) in [5.41, 5.74) is 5.87. The van der Waals surface area contributed by atoms with Crippen molar-refractivity contribution in [2.75, 3.05) is 13.1 Å². The van der Waals surface area contributed by atoms with Crippen LogP contribution in [0.5, 0.6) is 0 Å². The number of likely N-dealkylation sites (tertiary alicyclic amines) is 1. The molecular formula is C9H18N2. The van der Waals surface area contributed by atoms with Crippen molar-refractivity contribution in [2.24, 2.45) is 5.73 Å². The fourth-order valence-electron chi connectivity index (χ4n) is 2.43. The number of hydrogen-bond donors (Lipinski definition) is 1. The van der Waals surface area contributed by atoms with Crippen LogP contribution in [-0.4, -0.2) is 30.1 Å². The van der Waals surface area contributed by atoms with Crippen LogP contribution in [-0.2, 0) is 0 Å². The third-order valence-electron chi connectivity index (χ3n) is 3.10. The van der Waals surface area contributed by atoms with Crippen LogP contribution in [0, 0.1) is 0 Å². The van der Waals surface area contributed by atoms with Crippen LogP contribution in [0.15, 0.2) is 0 Å². The summed E-state index contributed by atoms with van der Waals surface area (Å²) >= 11 is 0. The number of nitrogens with two attached hydrogens (primary N) is 1. The van der Waals surface area contributed by atoms with Crippen LogP contribution in [0.3, 0.4) is 0 Å². The average molecular weight is 154 g/mol. The minimum Gasteiger partial charge on any atom is -0.328 e. The Hall–Kier alpha value is -0.0800. The Labute approximate surface area is 68.7 Å². The van der Waals surface area contributed by atoms with Crippen molar-refractivity contribution in [1.29, 1.82) is 0 Å². The zero-order chi connectivity index (χ0) is 7.68. The van der Waals surface area contributed by atoms with Crippen LogP contribution in [0.1, 0.15) is 32.1 Å². The molecule has 1 saturated heterocycles. The first-order valence-electron chi connectivity index (χ1n) is 4.86. The fourth-order valence-corrected chi connectivity index (χ4v) is 2.43. The second kappa shape index (κ2) is 3.11. The molecule has 0 aromatic rings. The maximum Gasteiger partial charge on any atom is 0.0111 e. The third kappa shape index (κ3) is 1.57. The molecule has 0 radical (unpaired) electrons. The Morgan fingerprint density at radius 1 is 1.09 bits per heavy atom. The lowest BCUT2D eigenvalue weighted by Crippen LogP contribution is -2.31. The van der Waals surface area contributed by atoms with E-state index in [0.29, 0.717) is 6.04 Å². The van der Waals surface area contributed by atoms with Gasteiger partial charge in [0.1, 0.15) is 0 Å². The minimum absolute atomic E-state index is 0.501. The highest BCUT2D eigenvalue weighted by molar-refractivity contribution is 4.86. The Morgan fingerprint density at radius 3 is 2.36 bits per heavy atom. The molecule has 1 aliphatic heterocycles. The molecule has 2 atom stereocenters. The summed E-state index contributed by atoms with van der Waals surface area (Å²) in [7, 11) is 0. The summed E-state index contributed by atoms with van der Waals surface area (Å²) in [4.78, 5) is 2.63. The highest BCUT2D eigenvalue weighted by Crippen LogP contribution is 2.25. The summed E-state index contributed by atoms with van der Waals surface area (Å²) in [5, 5.41) is 0. The van der Waals surface area contributed by atoms with Gasteiger partial charge in [0, 0.05) is 12.1 Å². The van der Waals surface area contributed by atoms with Crippen molar-refractivity contribution in [1.82, 2.24) is 4.90 Å². The predicted molar refractivity (Wildman–Crippen MR) is 46.4 cm³/mol. The zero-order valence-electron chi connectivity index (χ0n) is 7.13. The second-order valence-electron chi connectivity index (χ2n) is 3.97. The molecular weight excluding hydrogens is 136 g/mol. The Bertz CT molecular complexity index is 130. The lowest BCUT2D eigenvalue weighted by molar-refractivity contribution is 0.245. The molecule has 0 aromatic carbocycles. The molecule has 2 fully saturated rings. The van der Waals surface area contributed by atoms with E-state index >= 15 is 0 Å². The van der Waals surface area contributed by atoms with E-state index in [4.69, 9.17) is 5.73 Å². The third-order valence-corrected chi connectivity index (χ3v) is 3.10. The largest absolute Gasteiger partial charge is 0.328 e. The molecule has 2 nitrogen and oxygen atoms in total. The maximum absolute atomic E-state index is 5.87. The van der Waals surface area contributed by atoms with Gasteiger partial charge >= 0.3 is 0 Å². The minimum atomic E-state index is 0.501. The first-order chi connectivity index (χ1) is 5.36. The molecule has 1 aliphatic carbocycles. The molecule has 0 aromatic heterocycles. The molecule has 2 rings (SSSR count). The van der Waals surface area contributed by atoms with E-state index < -0.39 is 0 Å². The van der Waals surface area contributed by atoms with Crippen molar-refractivity contribution in [3.8, 4) is 0 Å². The SMILES string of the molecule is NC1CCC(N2CCCC2)C1. The van der Waals surface area contributed by atoms with E-state index in [1.807, 2.05) is 0 Å². The van der Waals surface area contributed by atoms with Gasteiger partial charge in [0.25, 0.3) is 0 Å². The smallest absolute Gasteiger partial charge is 0.0111 e. The summed E-state index contributed by atoms with van der Waals surface area (Å²) in [6.07, 6.45) is 6.67. The van der Waals surface area contributed by atoms with Gasteiger partial charge in [-0.2, -0.15) is 0 Å². The van der Waals surface area contributed by atoms with Gasteiger partial charge in [0.05, 0.1) is 0 Å². The van der Waals surface area contributed by atoms with Gasteiger partial charge in [0.15, 0.2) is 0 Å². The Morgan fingerprint density at radius 2 is 1.82 bits per heavy atom. The highest BCUT2D eigenvalue weighted by atomic mass is 15.2. The van der Waals surface area contributed by atoms with Crippen molar-refractivity contribution >= 4 is 0 Å². The maximum atomic E-state index is 5.87. The second-order valence-corrected chi connectivity index (χ2v) is 3.97. The summed E-state index contributed by atoms with van der Waals surface area (Å²) in [6.45, 7) is 2.66. The molecule has 0 bridgehead atoms. The van der Waals surface area contributed by atoms with Crippen molar-refractivity contribution < 1.29 is 0 Å². The van der Waals surface area contributed by atoms with Crippen molar-refractivity contribution in [2.45, 2.75) is 44.2 Å². The van der Waals surface area contributed by atoms with Crippen LogP contribution in [0.2, 0.25) is 0 Å². The molecule has 2 unspecified atom stereocenters. The van der Waals surface area contributed by atoms with Crippen LogP contribution in [0.4, 0.5) is 0 Å². The van der Waals surface area contributed by atoms with Gasteiger partial charge in [-0.05, 0) is 45.2 Å². The number of hydrogen-bond acceptors (Lipinski definition) is 2. The molecule has 2 N–H and O–H groups in total. The lowest BCUT2D eigenvalue weighted by atomic mass is 10.2. The van der Waals surface area contributed by atoms with Gasteiger partial charge in [-0.25, -0.2) is 0 Å². The van der Waals surface area contributed by atoms with Crippen molar-refractivity contribution in [3.63, 3.8) is 0 Å². The number of nitrogens with zero attached hydrogens (tertiary/aromatic N) is 1. The van der Waals surface area contributed by atoms with E-state index in [1.165, 1.54) is 45.2 Å². The fraction of sp³-hybridized carbons (Fsp3) is 1.00. The summed E-state index contributed by atoms with van der Waals surface area (Å²) in [6, 6.07) is 1.34. The van der Waals surface area contributed by atoms with Gasteiger partial charge in [-0.3, -0.25) is 0 Å². The first kappa shape index (κ1) is 7.56. The van der Waals surface area contributed by atoms with E-state index in [9.17, 15) is 0 Å². The molecule has 0 spiro atoms. The molecule has 64 valence electrons. The molecule has 1 saturated carbocycles. The van der Waals surface area contributed by atoms with Crippen LogP contribution < -0.4 is 5.73 Å². The summed E-state index contributed by atoms with van der Waals surface area (Å²) in [5.74, 6) is 0. The van der Waals surface area contributed by atoms with Gasteiger partial charge in [-0.1, -0.05) is 0 Å².